The van der Waals surface area contributed by atoms with E-state index in [0.29, 0.717) is 12.6 Å². The third-order valence-corrected chi connectivity index (χ3v) is 2.47. The molecule has 0 aliphatic carbocycles. The van der Waals surface area contributed by atoms with E-state index in [1.807, 2.05) is 0 Å². The van der Waals surface area contributed by atoms with Gasteiger partial charge in [-0.05, 0) is 26.2 Å². The molecule has 0 spiro atoms. The van der Waals surface area contributed by atoms with Crippen molar-refractivity contribution in [3.8, 4) is 12.3 Å². The SMILES string of the molecule is C#CCN=C(NCC)NC(C)CCCC(C)C. The van der Waals surface area contributed by atoms with Gasteiger partial charge in [-0.3, -0.25) is 0 Å². The summed E-state index contributed by atoms with van der Waals surface area (Å²) in [5.41, 5.74) is 0. The van der Waals surface area contributed by atoms with Gasteiger partial charge in [0.2, 0.25) is 0 Å². The molecule has 0 aromatic heterocycles. The smallest absolute Gasteiger partial charge is 0.192 e. The van der Waals surface area contributed by atoms with Gasteiger partial charge in [0.1, 0.15) is 6.54 Å². The van der Waals surface area contributed by atoms with Crippen molar-refractivity contribution in [2.24, 2.45) is 10.9 Å². The van der Waals surface area contributed by atoms with Crippen LogP contribution in [0.1, 0.15) is 47.0 Å². The highest BCUT2D eigenvalue weighted by Crippen LogP contribution is 2.07. The summed E-state index contributed by atoms with van der Waals surface area (Å²) in [5, 5.41) is 6.56. The second kappa shape index (κ2) is 10.0. The molecule has 0 radical (unpaired) electrons. The van der Waals surface area contributed by atoms with Crippen LogP contribution in [0.5, 0.6) is 0 Å². The van der Waals surface area contributed by atoms with Crippen LogP contribution in [0.2, 0.25) is 0 Å². The minimum Gasteiger partial charge on any atom is -0.357 e. The summed E-state index contributed by atoms with van der Waals surface area (Å²) in [4.78, 5) is 4.27. The summed E-state index contributed by atoms with van der Waals surface area (Å²) >= 11 is 0. The fourth-order valence-corrected chi connectivity index (χ4v) is 1.58. The molecule has 0 rings (SSSR count). The minimum absolute atomic E-state index is 0.425. The van der Waals surface area contributed by atoms with E-state index in [9.17, 15) is 0 Å². The molecule has 2 N–H and O–H groups in total. The molecule has 0 heterocycles. The van der Waals surface area contributed by atoms with Gasteiger partial charge in [0, 0.05) is 12.6 Å². The first-order valence-corrected chi connectivity index (χ1v) is 6.58. The molecule has 0 aliphatic heterocycles. The second-order valence-electron chi connectivity index (χ2n) is 4.77. The first-order valence-electron chi connectivity index (χ1n) is 6.58. The van der Waals surface area contributed by atoms with Crippen LogP contribution in [0.25, 0.3) is 0 Å². The van der Waals surface area contributed by atoms with Crippen molar-refractivity contribution in [1.82, 2.24) is 10.6 Å². The number of hydrogen-bond acceptors (Lipinski definition) is 1. The van der Waals surface area contributed by atoms with Crippen molar-refractivity contribution in [3.63, 3.8) is 0 Å². The quantitative estimate of drug-likeness (QED) is 0.405. The fraction of sp³-hybridized carbons (Fsp3) is 0.786. The van der Waals surface area contributed by atoms with Crippen molar-refractivity contribution >= 4 is 5.96 Å². The van der Waals surface area contributed by atoms with E-state index in [1.54, 1.807) is 0 Å². The van der Waals surface area contributed by atoms with Gasteiger partial charge in [0.25, 0.3) is 0 Å². The molecule has 17 heavy (non-hydrogen) atoms. The van der Waals surface area contributed by atoms with Crippen molar-refractivity contribution in [2.75, 3.05) is 13.1 Å². The largest absolute Gasteiger partial charge is 0.357 e. The van der Waals surface area contributed by atoms with Gasteiger partial charge in [-0.25, -0.2) is 4.99 Å². The number of guanidine groups is 1. The van der Waals surface area contributed by atoms with Gasteiger partial charge < -0.3 is 10.6 Å². The lowest BCUT2D eigenvalue weighted by Gasteiger charge is -2.17. The van der Waals surface area contributed by atoms with Gasteiger partial charge >= 0.3 is 0 Å². The van der Waals surface area contributed by atoms with Gasteiger partial charge in [-0.1, -0.05) is 32.6 Å². The van der Waals surface area contributed by atoms with E-state index in [0.717, 1.165) is 18.4 Å². The minimum atomic E-state index is 0.425. The molecule has 0 bridgehead atoms. The van der Waals surface area contributed by atoms with Crippen LogP contribution < -0.4 is 10.6 Å². The Bertz CT molecular complexity index is 251. The number of rotatable bonds is 7. The molecule has 98 valence electrons. The van der Waals surface area contributed by atoms with Crippen LogP contribution in [0.15, 0.2) is 4.99 Å². The lowest BCUT2D eigenvalue weighted by molar-refractivity contribution is 0.491. The van der Waals surface area contributed by atoms with Crippen LogP contribution in [-0.4, -0.2) is 25.1 Å². The molecule has 3 heteroatoms. The topological polar surface area (TPSA) is 36.4 Å². The Balaban J connectivity index is 3.95. The fourth-order valence-electron chi connectivity index (χ4n) is 1.58. The third kappa shape index (κ3) is 9.74. The molecule has 0 fully saturated rings. The Morgan fingerprint density at radius 2 is 2.00 bits per heavy atom. The van der Waals surface area contributed by atoms with E-state index < -0.39 is 0 Å². The molecule has 0 saturated heterocycles. The normalized spacial score (nSPS) is 13.3. The van der Waals surface area contributed by atoms with Gasteiger partial charge in [-0.15, -0.1) is 6.42 Å². The molecule has 0 aliphatic rings. The van der Waals surface area contributed by atoms with Crippen molar-refractivity contribution in [1.29, 1.82) is 0 Å². The molecule has 0 aromatic carbocycles. The van der Waals surface area contributed by atoms with Gasteiger partial charge in [0.05, 0.1) is 0 Å². The second-order valence-corrected chi connectivity index (χ2v) is 4.77. The average molecular weight is 237 g/mol. The first-order chi connectivity index (χ1) is 8.10. The van der Waals surface area contributed by atoms with Crippen molar-refractivity contribution < 1.29 is 0 Å². The summed E-state index contributed by atoms with van der Waals surface area (Å²) in [5.74, 6) is 4.13. The molecular weight excluding hydrogens is 210 g/mol. The Morgan fingerprint density at radius 3 is 2.53 bits per heavy atom. The Labute approximate surface area is 106 Å². The number of terminal acetylenes is 1. The van der Waals surface area contributed by atoms with Gasteiger partial charge in [-0.2, -0.15) is 0 Å². The molecule has 0 amide bonds. The Hall–Kier alpha value is -1.17. The molecule has 0 aromatic rings. The molecule has 3 nitrogen and oxygen atoms in total. The number of nitrogens with zero attached hydrogens (tertiary/aromatic N) is 1. The number of hydrogen-bond donors (Lipinski definition) is 2. The maximum atomic E-state index is 5.20. The van der Waals surface area contributed by atoms with E-state index in [4.69, 9.17) is 6.42 Å². The highest BCUT2D eigenvalue weighted by atomic mass is 15.2. The standard InChI is InChI=1S/C14H27N3/c1-6-11-16-14(15-7-2)17-13(5)10-8-9-12(3)4/h1,12-13H,7-11H2,2-5H3,(H2,15,16,17). The van der Waals surface area contributed by atoms with Crippen LogP contribution in [0.3, 0.4) is 0 Å². The Morgan fingerprint density at radius 1 is 1.29 bits per heavy atom. The highest BCUT2D eigenvalue weighted by molar-refractivity contribution is 5.80. The van der Waals surface area contributed by atoms with E-state index >= 15 is 0 Å². The van der Waals surface area contributed by atoms with E-state index in [2.05, 4.69) is 49.2 Å². The number of nitrogens with one attached hydrogen (secondary N) is 2. The first kappa shape index (κ1) is 15.8. The average Bonchev–Trinajstić information content (AvgIpc) is 2.25. The van der Waals surface area contributed by atoms with Gasteiger partial charge in [0.15, 0.2) is 5.96 Å². The summed E-state index contributed by atoms with van der Waals surface area (Å²) < 4.78 is 0. The lowest BCUT2D eigenvalue weighted by Crippen LogP contribution is -2.42. The summed E-state index contributed by atoms with van der Waals surface area (Å²) in [6, 6.07) is 0.435. The predicted molar refractivity (Wildman–Crippen MR) is 76.1 cm³/mol. The van der Waals surface area contributed by atoms with Crippen LogP contribution in [-0.2, 0) is 0 Å². The molecule has 0 saturated carbocycles. The van der Waals surface area contributed by atoms with Crippen molar-refractivity contribution in [2.45, 2.75) is 53.0 Å². The Kier molecular flexibility index (Phi) is 9.33. The monoisotopic (exact) mass is 237 g/mol. The van der Waals surface area contributed by atoms with E-state index in [-0.39, 0.29) is 0 Å². The zero-order chi connectivity index (χ0) is 13.1. The maximum Gasteiger partial charge on any atom is 0.192 e. The van der Waals surface area contributed by atoms with Crippen molar-refractivity contribution in [3.05, 3.63) is 0 Å². The maximum absolute atomic E-state index is 5.20. The zero-order valence-electron chi connectivity index (χ0n) is 11.7. The molecular formula is C14H27N3. The number of aliphatic imine (C=N–C) groups is 1. The lowest BCUT2D eigenvalue weighted by atomic mass is 10.0. The molecule has 1 atom stereocenters. The van der Waals surface area contributed by atoms with Crippen LogP contribution in [0, 0.1) is 18.3 Å². The summed E-state index contributed by atoms with van der Waals surface area (Å²) in [6.45, 7) is 10.0. The predicted octanol–water partition coefficient (Wildman–Crippen LogP) is 2.39. The van der Waals surface area contributed by atoms with Crippen LogP contribution >= 0.6 is 0 Å². The summed E-state index contributed by atoms with van der Waals surface area (Å²) in [7, 11) is 0. The molecule has 1 unspecified atom stereocenters. The van der Waals surface area contributed by atoms with Crippen LogP contribution in [0.4, 0.5) is 0 Å². The zero-order valence-corrected chi connectivity index (χ0v) is 11.7. The third-order valence-electron chi connectivity index (χ3n) is 2.47. The summed E-state index contributed by atoms with van der Waals surface area (Å²) in [6.07, 6.45) is 8.90. The highest BCUT2D eigenvalue weighted by Gasteiger charge is 2.05. The van der Waals surface area contributed by atoms with E-state index in [1.165, 1.54) is 19.3 Å².